The third kappa shape index (κ3) is 3.33. The summed E-state index contributed by atoms with van der Waals surface area (Å²) in [5.41, 5.74) is 7.10. The first kappa shape index (κ1) is 15.9. The fourth-order valence-corrected chi connectivity index (χ4v) is 2.99. The largest absolute Gasteiger partial charge is 0.368 e. The molecule has 3 aromatic rings. The predicted molar refractivity (Wildman–Crippen MR) is 90.2 cm³/mol. The van der Waals surface area contributed by atoms with Gasteiger partial charge in [0, 0.05) is 24.2 Å². The quantitative estimate of drug-likeness (QED) is 0.734. The van der Waals surface area contributed by atoms with Gasteiger partial charge >= 0.3 is 0 Å². The number of hydrogen-bond acceptors (Lipinski definition) is 5. The van der Waals surface area contributed by atoms with Gasteiger partial charge in [0.05, 0.1) is 6.20 Å². The lowest BCUT2D eigenvalue weighted by Gasteiger charge is -2.14. The van der Waals surface area contributed by atoms with Crippen molar-refractivity contribution < 1.29 is 9.59 Å². The highest BCUT2D eigenvalue weighted by molar-refractivity contribution is 7.13. The molecule has 7 nitrogen and oxygen atoms in total. The molecule has 0 spiro atoms. The Hall–Kier alpha value is -3.00. The Morgan fingerprint density at radius 2 is 2.04 bits per heavy atom. The van der Waals surface area contributed by atoms with Crippen LogP contribution in [0.5, 0.6) is 0 Å². The highest BCUT2D eigenvalue weighted by atomic mass is 32.1. The average Bonchev–Trinajstić information content (AvgIpc) is 3.21. The molecule has 3 rings (SSSR count). The van der Waals surface area contributed by atoms with Crippen molar-refractivity contribution in [1.82, 2.24) is 20.1 Å². The van der Waals surface area contributed by atoms with E-state index in [4.69, 9.17) is 5.73 Å². The molecule has 2 amide bonds. The fourth-order valence-electron chi connectivity index (χ4n) is 2.21. The second kappa shape index (κ2) is 6.63. The van der Waals surface area contributed by atoms with Crippen molar-refractivity contribution in [3.63, 3.8) is 0 Å². The van der Waals surface area contributed by atoms with E-state index in [0.717, 1.165) is 5.56 Å². The van der Waals surface area contributed by atoms with Crippen LogP contribution in [0.3, 0.4) is 0 Å². The Balaban J connectivity index is 1.79. The van der Waals surface area contributed by atoms with Crippen molar-refractivity contribution in [2.45, 2.75) is 6.04 Å². The molecule has 0 bridgehead atoms. The van der Waals surface area contributed by atoms with E-state index in [-0.39, 0.29) is 5.69 Å². The average molecular weight is 341 g/mol. The van der Waals surface area contributed by atoms with Gasteiger partial charge in [-0.1, -0.05) is 30.3 Å². The summed E-state index contributed by atoms with van der Waals surface area (Å²) >= 11 is 1.33. The third-order valence-corrected chi connectivity index (χ3v) is 4.27. The van der Waals surface area contributed by atoms with E-state index in [9.17, 15) is 9.59 Å². The number of carbonyl (C=O) groups excluding carboxylic acids is 2. The van der Waals surface area contributed by atoms with Crippen LogP contribution >= 0.6 is 11.3 Å². The maximum atomic E-state index is 12.4. The molecular weight excluding hydrogens is 326 g/mol. The molecule has 1 aromatic carbocycles. The number of hydrogen-bond donors (Lipinski definition) is 2. The molecule has 3 N–H and O–H groups in total. The maximum Gasteiger partial charge on any atom is 0.271 e. The van der Waals surface area contributed by atoms with Gasteiger partial charge < -0.3 is 11.1 Å². The molecule has 0 radical (unpaired) electrons. The number of primary amides is 1. The number of thiazole rings is 1. The van der Waals surface area contributed by atoms with E-state index in [0.29, 0.717) is 10.6 Å². The van der Waals surface area contributed by atoms with Crippen LogP contribution in [-0.4, -0.2) is 26.6 Å². The van der Waals surface area contributed by atoms with Gasteiger partial charge in [0.2, 0.25) is 5.91 Å². The molecule has 0 unspecified atom stereocenters. The van der Waals surface area contributed by atoms with Crippen LogP contribution in [0, 0.1) is 0 Å². The topological polar surface area (TPSA) is 103 Å². The van der Waals surface area contributed by atoms with E-state index in [1.54, 1.807) is 40.5 Å². The number of nitrogens with zero attached hydrogens (tertiary/aromatic N) is 3. The standard InChI is InChI=1S/C16H15N5O2S/c1-21-8-11(7-18-21)16-19-12(9-24-16)15(23)20-13(14(17)22)10-5-3-2-4-6-10/h2-9,13H,1H3,(H2,17,22)(H,20,23)/t13-/m0/s1. The van der Waals surface area contributed by atoms with Crippen molar-refractivity contribution in [3.8, 4) is 10.6 Å². The van der Waals surface area contributed by atoms with E-state index in [1.807, 2.05) is 19.3 Å². The zero-order valence-corrected chi connectivity index (χ0v) is 13.7. The van der Waals surface area contributed by atoms with Crippen molar-refractivity contribution in [3.05, 3.63) is 59.4 Å². The van der Waals surface area contributed by atoms with E-state index in [1.165, 1.54) is 11.3 Å². The van der Waals surface area contributed by atoms with Gasteiger partial charge in [-0.25, -0.2) is 4.98 Å². The number of aryl methyl sites for hydroxylation is 1. The molecule has 0 aliphatic carbocycles. The van der Waals surface area contributed by atoms with Gasteiger partial charge in [-0.2, -0.15) is 5.10 Å². The Morgan fingerprint density at radius 1 is 1.29 bits per heavy atom. The molecule has 2 aromatic heterocycles. The summed E-state index contributed by atoms with van der Waals surface area (Å²) in [4.78, 5) is 28.4. The zero-order chi connectivity index (χ0) is 17.1. The molecule has 0 aliphatic heterocycles. The zero-order valence-electron chi connectivity index (χ0n) is 12.8. The minimum absolute atomic E-state index is 0.237. The number of rotatable bonds is 5. The fraction of sp³-hybridized carbons (Fsp3) is 0.125. The molecule has 24 heavy (non-hydrogen) atoms. The van der Waals surface area contributed by atoms with Crippen LogP contribution in [0.25, 0.3) is 10.6 Å². The van der Waals surface area contributed by atoms with Crippen LogP contribution in [0.15, 0.2) is 48.1 Å². The summed E-state index contributed by atoms with van der Waals surface area (Å²) in [6.45, 7) is 0. The first-order valence-electron chi connectivity index (χ1n) is 7.14. The lowest BCUT2D eigenvalue weighted by Crippen LogP contribution is -2.37. The number of amides is 2. The molecule has 0 aliphatic rings. The highest BCUT2D eigenvalue weighted by Gasteiger charge is 2.22. The van der Waals surface area contributed by atoms with Gasteiger partial charge in [0.1, 0.15) is 16.7 Å². The first-order valence-corrected chi connectivity index (χ1v) is 8.02. The van der Waals surface area contributed by atoms with Gasteiger partial charge in [0.15, 0.2) is 0 Å². The molecule has 0 saturated heterocycles. The summed E-state index contributed by atoms with van der Waals surface area (Å²) < 4.78 is 1.66. The third-order valence-electron chi connectivity index (χ3n) is 3.38. The first-order chi connectivity index (χ1) is 11.5. The molecule has 8 heteroatoms. The highest BCUT2D eigenvalue weighted by Crippen LogP contribution is 2.23. The van der Waals surface area contributed by atoms with Crippen molar-refractivity contribution in [2.24, 2.45) is 12.8 Å². The summed E-state index contributed by atoms with van der Waals surface area (Å²) in [6.07, 6.45) is 3.49. The number of benzene rings is 1. The number of carbonyl (C=O) groups is 2. The van der Waals surface area contributed by atoms with Crippen molar-refractivity contribution in [2.75, 3.05) is 0 Å². The van der Waals surface area contributed by atoms with Gasteiger partial charge in [-0.15, -0.1) is 11.3 Å². The monoisotopic (exact) mass is 341 g/mol. The van der Waals surface area contributed by atoms with Crippen LogP contribution in [0.2, 0.25) is 0 Å². The van der Waals surface area contributed by atoms with Crippen LogP contribution < -0.4 is 11.1 Å². The number of nitrogens with two attached hydrogens (primary N) is 1. The van der Waals surface area contributed by atoms with Gasteiger partial charge in [-0.3, -0.25) is 14.3 Å². The number of aromatic nitrogens is 3. The van der Waals surface area contributed by atoms with Crippen molar-refractivity contribution >= 4 is 23.2 Å². The lowest BCUT2D eigenvalue weighted by atomic mass is 10.1. The molecule has 0 saturated carbocycles. The maximum absolute atomic E-state index is 12.4. The SMILES string of the molecule is Cn1cc(-c2nc(C(=O)N[C@H](C(N)=O)c3ccccc3)cs2)cn1. The van der Waals surface area contributed by atoms with Crippen LogP contribution in [0.1, 0.15) is 22.1 Å². The van der Waals surface area contributed by atoms with Gasteiger partial charge in [0.25, 0.3) is 5.91 Å². The minimum Gasteiger partial charge on any atom is -0.368 e. The molecule has 122 valence electrons. The molecule has 1 atom stereocenters. The molecule has 0 fully saturated rings. The number of nitrogens with one attached hydrogen (secondary N) is 1. The van der Waals surface area contributed by atoms with Crippen LogP contribution in [-0.2, 0) is 11.8 Å². The minimum atomic E-state index is -0.901. The smallest absolute Gasteiger partial charge is 0.271 e. The van der Waals surface area contributed by atoms with E-state index >= 15 is 0 Å². The second-order valence-electron chi connectivity index (χ2n) is 5.16. The summed E-state index contributed by atoms with van der Waals surface area (Å²) in [7, 11) is 1.81. The predicted octanol–water partition coefficient (Wildman–Crippen LogP) is 1.50. The molecular formula is C16H15N5O2S. The lowest BCUT2D eigenvalue weighted by molar-refractivity contribution is -0.120. The molecule has 2 heterocycles. The van der Waals surface area contributed by atoms with E-state index in [2.05, 4.69) is 15.4 Å². The Kier molecular flexibility index (Phi) is 4.39. The Bertz CT molecular complexity index is 871. The van der Waals surface area contributed by atoms with Crippen molar-refractivity contribution in [1.29, 1.82) is 0 Å². The normalized spacial score (nSPS) is 11.9. The summed E-state index contributed by atoms with van der Waals surface area (Å²) in [5.74, 6) is -1.08. The van der Waals surface area contributed by atoms with Crippen LogP contribution in [0.4, 0.5) is 0 Å². The Labute approximate surface area is 142 Å². The van der Waals surface area contributed by atoms with E-state index < -0.39 is 17.9 Å². The summed E-state index contributed by atoms with van der Waals surface area (Å²) in [5, 5.41) is 9.03. The Morgan fingerprint density at radius 3 is 2.67 bits per heavy atom. The van der Waals surface area contributed by atoms with Gasteiger partial charge in [-0.05, 0) is 5.56 Å². The summed E-state index contributed by atoms with van der Waals surface area (Å²) in [6, 6.07) is 7.95. The second-order valence-corrected chi connectivity index (χ2v) is 6.02.